The fraction of sp³-hybridized carbons (Fsp3) is 0.304. The van der Waals surface area contributed by atoms with Crippen LogP contribution in [0.15, 0.2) is 54.6 Å². The van der Waals surface area contributed by atoms with Crippen LogP contribution >= 0.6 is 0 Å². The summed E-state index contributed by atoms with van der Waals surface area (Å²) in [6.45, 7) is 1.56. The maximum absolute atomic E-state index is 13.1. The van der Waals surface area contributed by atoms with Crippen LogP contribution in [0.3, 0.4) is 0 Å². The Morgan fingerprint density at radius 3 is 2.38 bits per heavy atom. The molecule has 0 spiro atoms. The summed E-state index contributed by atoms with van der Waals surface area (Å²) in [5.74, 6) is -3.69. The Labute approximate surface area is 184 Å². The first-order valence-electron chi connectivity index (χ1n) is 10.2. The molecule has 1 unspecified atom stereocenters. The van der Waals surface area contributed by atoms with Crippen molar-refractivity contribution in [3.8, 4) is 0 Å². The minimum Gasteiger partial charge on any atom is -0.480 e. The quantitative estimate of drug-likeness (QED) is 0.574. The van der Waals surface area contributed by atoms with Crippen LogP contribution in [0.1, 0.15) is 18.9 Å². The minimum absolute atomic E-state index is 0.0384. The number of halogens is 1. The van der Waals surface area contributed by atoms with E-state index in [9.17, 15) is 28.7 Å². The smallest absolute Gasteiger partial charge is 0.326 e. The highest BCUT2D eigenvalue weighted by molar-refractivity contribution is 6.01. The molecule has 1 heterocycles. The first kappa shape index (κ1) is 22.9. The Morgan fingerprint density at radius 1 is 1.09 bits per heavy atom. The molecule has 0 aromatic heterocycles. The van der Waals surface area contributed by atoms with Crippen LogP contribution in [0.5, 0.6) is 0 Å². The number of hydrogen-bond acceptors (Lipinski definition) is 4. The number of carbonyl (C=O) groups excluding carboxylic acids is 3. The van der Waals surface area contributed by atoms with Gasteiger partial charge in [0.15, 0.2) is 0 Å². The van der Waals surface area contributed by atoms with Gasteiger partial charge in [-0.15, -0.1) is 0 Å². The van der Waals surface area contributed by atoms with E-state index in [4.69, 9.17) is 0 Å². The number of hydrogen-bond donors (Lipinski definition) is 3. The Bertz CT molecular complexity index is 996. The Balaban J connectivity index is 1.56. The normalized spacial score (nSPS) is 17.5. The zero-order valence-corrected chi connectivity index (χ0v) is 17.5. The SMILES string of the molecule is C[C@H](NC(=O)C1CC(=O)N(c2ccc(F)cc2)C1)C(=O)N[C@@H](Cc1ccccc1)C(=O)O. The van der Waals surface area contributed by atoms with Crippen LogP contribution in [0.2, 0.25) is 0 Å². The van der Waals surface area contributed by atoms with E-state index in [1.165, 1.54) is 36.1 Å². The number of carbonyl (C=O) groups is 4. The van der Waals surface area contributed by atoms with E-state index in [1.807, 2.05) is 0 Å². The summed E-state index contributed by atoms with van der Waals surface area (Å²) in [6.07, 6.45) is 0.0651. The third-order valence-corrected chi connectivity index (χ3v) is 5.28. The van der Waals surface area contributed by atoms with Gasteiger partial charge in [0.1, 0.15) is 17.9 Å². The van der Waals surface area contributed by atoms with Crippen LogP contribution < -0.4 is 15.5 Å². The molecule has 8 nitrogen and oxygen atoms in total. The Hall–Kier alpha value is -3.75. The summed E-state index contributed by atoms with van der Waals surface area (Å²) in [5, 5.41) is 14.4. The van der Waals surface area contributed by atoms with Gasteiger partial charge in [-0.25, -0.2) is 9.18 Å². The number of anilines is 1. The highest BCUT2D eigenvalue weighted by Gasteiger charge is 2.36. The largest absolute Gasteiger partial charge is 0.480 e. The average Bonchev–Trinajstić information content (AvgIpc) is 3.16. The van der Waals surface area contributed by atoms with Crippen molar-refractivity contribution in [1.29, 1.82) is 0 Å². The highest BCUT2D eigenvalue weighted by Crippen LogP contribution is 2.25. The summed E-state index contributed by atoms with van der Waals surface area (Å²) >= 11 is 0. The fourth-order valence-corrected chi connectivity index (χ4v) is 3.50. The van der Waals surface area contributed by atoms with Crippen molar-refractivity contribution in [1.82, 2.24) is 10.6 Å². The molecule has 0 aliphatic carbocycles. The minimum atomic E-state index is -1.18. The second kappa shape index (κ2) is 10.0. The second-order valence-electron chi connectivity index (χ2n) is 7.70. The van der Waals surface area contributed by atoms with Gasteiger partial charge in [0.2, 0.25) is 17.7 Å². The molecule has 168 valence electrons. The third-order valence-electron chi connectivity index (χ3n) is 5.28. The maximum Gasteiger partial charge on any atom is 0.326 e. The van der Waals surface area contributed by atoms with Crippen molar-refractivity contribution in [3.05, 3.63) is 66.0 Å². The summed E-state index contributed by atoms with van der Waals surface area (Å²) in [6, 6.07) is 12.1. The lowest BCUT2D eigenvalue weighted by atomic mass is 10.1. The van der Waals surface area contributed by atoms with Gasteiger partial charge in [0, 0.05) is 25.1 Å². The molecule has 1 fully saturated rings. The summed E-state index contributed by atoms with van der Waals surface area (Å²) in [5.41, 5.74) is 1.24. The van der Waals surface area contributed by atoms with E-state index >= 15 is 0 Å². The van der Waals surface area contributed by atoms with Gasteiger partial charge in [-0.3, -0.25) is 14.4 Å². The zero-order chi connectivity index (χ0) is 23.3. The molecular weight excluding hydrogens is 417 g/mol. The molecule has 1 aliphatic heterocycles. The van der Waals surface area contributed by atoms with Gasteiger partial charge >= 0.3 is 5.97 Å². The van der Waals surface area contributed by atoms with Crippen LogP contribution in [-0.4, -0.2) is 47.4 Å². The molecule has 2 aromatic carbocycles. The molecule has 3 atom stereocenters. The average molecular weight is 441 g/mol. The number of benzene rings is 2. The number of rotatable bonds is 8. The molecule has 2 aromatic rings. The predicted molar refractivity (Wildman–Crippen MR) is 114 cm³/mol. The van der Waals surface area contributed by atoms with Crippen molar-refractivity contribution in [2.45, 2.75) is 31.8 Å². The van der Waals surface area contributed by atoms with Crippen molar-refractivity contribution in [2.24, 2.45) is 5.92 Å². The number of nitrogens with one attached hydrogen (secondary N) is 2. The van der Waals surface area contributed by atoms with Gasteiger partial charge < -0.3 is 20.6 Å². The van der Waals surface area contributed by atoms with Gasteiger partial charge in [0.05, 0.1) is 5.92 Å². The van der Waals surface area contributed by atoms with Crippen LogP contribution in [0, 0.1) is 11.7 Å². The standard InChI is InChI=1S/C23H24FN3O5/c1-14(21(29)26-19(23(31)32)11-15-5-3-2-4-6-15)25-22(30)16-12-20(28)27(13-16)18-9-7-17(24)8-10-18/h2-10,14,16,19H,11-13H2,1H3,(H,25,30)(H,26,29)(H,31,32)/t14-,16?,19-/m0/s1. The zero-order valence-electron chi connectivity index (χ0n) is 17.5. The lowest BCUT2D eigenvalue weighted by Crippen LogP contribution is -2.52. The molecule has 0 radical (unpaired) electrons. The van der Waals surface area contributed by atoms with E-state index in [0.29, 0.717) is 5.69 Å². The number of nitrogens with zero attached hydrogens (tertiary/aromatic N) is 1. The molecule has 1 saturated heterocycles. The summed E-state index contributed by atoms with van der Waals surface area (Å²) in [7, 11) is 0. The number of carboxylic acid groups (broad SMARTS) is 1. The molecule has 9 heteroatoms. The fourth-order valence-electron chi connectivity index (χ4n) is 3.50. The first-order chi connectivity index (χ1) is 15.2. The van der Waals surface area contributed by atoms with Crippen molar-refractivity contribution in [2.75, 3.05) is 11.4 Å². The molecule has 3 rings (SSSR count). The molecule has 32 heavy (non-hydrogen) atoms. The molecule has 3 amide bonds. The second-order valence-corrected chi connectivity index (χ2v) is 7.70. The highest BCUT2D eigenvalue weighted by atomic mass is 19.1. The van der Waals surface area contributed by atoms with E-state index in [1.54, 1.807) is 30.3 Å². The van der Waals surface area contributed by atoms with Crippen LogP contribution in [0.25, 0.3) is 0 Å². The van der Waals surface area contributed by atoms with E-state index in [2.05, 4.69) is 10.6 Å². The van der Waals surface area contributed by atoms with Crippen LogP contribution in [-0.2, 0) is 25.6 Å². The van der Waals surface area contributed by atoms with Crippen molar-refractivity contribution < 1.29 is 28.7 Å². The van der Waals surface area contributed by atoms with E-state index in [-0.39, 0.29) is 25.3 Å². The van der Waals surface area contributed by atoms with Gasteiger partial charge in [-0.2, -0.15) is 0 Å². The van der Waals surface area contributed by atoms with Crippen molar-refractivity contribution in [3.63, 3.8) is 0 Å². The maximum atomic E-state index is 13.1. The lowest BCUT2D eigenvalue weighted by molar-refractivity contribution is -0.142. The molecule has 1 aliphatic rings. The van der Waals surface area contributed by atoms with E-state index < -0.39 is 41.6 Å². The monoisotopic (exact) mass is 441 g/mol. The topological polar surface area (TPSA) is 116 Å². The first-order valence-corrected chi connectivity index (χ1v) is 10.2. The third kappa shape index (κ3) is 5.69. The van der Waals surface area contributed by atoms with Gasteiger partial charge in [0.25, 0.3) is 0 Å². The van der Waals surface area contributed by atoms with Gasteiger partial charge in [-0.05, 0) is 36.8 Å². The molecule has 0 bridgehead atoms. The molecule has 0 saturated carbocycles. The van der Waals surface area contributed by atoms with Gasteiger partial charge in [-0.1, -0.05) is 30.3 Å². The number of amides is 3. The van der Waals surface area contributed by atoms with E-state index in [0.717, 1.165) is 5.56 Å². The van der Waals surface area contributed by atoms with Crippen LogP contribution in [0.4, 0.5) is 10.1 Å². The summed E-state index contributed by atoms with van der Waals surface area (Å²) < 4.78 is 13.1. The molecular formula is C23H24FN3O5. The molecule has 3 N–H and O–H groups in total. The Kier molecular flexibility index (Phi) is 7.19. The summed E-state index contributed by atoms with van der Waals surface area (Å²) in [4.78, 5) is 50.3. The predicted octanol–water partition coefficient (Wildman–Crippen LogP) is 1.50. The Morgan fingerprint density at radius 2 is 1.75 bits per heavy atom. The number of aliphatic carboxylic acids is 1. The lowest BCUT2D eigenvalue weighted by Gasteiger charge is -2.20. The number of carboxylic acids is 1. The van der Waals surface area contributed by atoms with Crippen molar-refractivity contribution >= 4 is 29.4 Å².